The van der Waals surface area contributed by atoms with Gasteiger partial charge in [-0.2, -0.15) is 5.26 Å². The Hall–Kier alpha value is -1.97. The van der Waals surface area contributed by atoms with Gasteiger partial charge in [0.2, 0.25) is 0 Å². The molecule has 0 aromatic heterocycles. The maximum Gasteiger partial charge on any atom is 0.325 e. The Labute approximate surface area is 122 Å². The molecule has 2 rings (SSSR count). The summed E-state index contributed by atoms with van der Waals surface area (Å²) >= 11 is 0. The number of aliphatic hydroxyl groups is 1. The lowest BCUT2D eigenvalue weighted by Gasteiger charge is -2.37. The zero-order valence-electron chi connectivity index (χ0n) is 11.8. The van der Waals surface area contributed by atoms with Crippen LogP contribution in [0.25, 0.3) is 0 Å². The molecule has 1 aromatic rings. The highest BCUT2D eigenvalue weighted by atomic mass is 19.1. The number of methoxy groups -OCH3 is 1. The maximum absolute atomic E-state index is 13.2. The molecule has 112 valence electrons. The normalized spacial score (nSPS) is 22.6. The molecule has 0 amide bonds. The fourth-order valence-electron chi connectivity index (χ4n) is 2.66. The van der Waals surface area contributed by atoms with E-state index in [-0.39, 0.29) is 5.56 Å². The Kier molecular flexibility index (Phi) is 4.89. The van der Waals surface area contributed by atoms with Gasteiger partial charge in [0.05, 0.1) is 24.8 Å². The number of halogens is 1. The Balaban J connectivity index is 2.24. The Morgan fingerprint density at radius 1 is 1.62 bits per heavy atom. The Morgan fingerprint density at radius 3 is 3.05 bits per heavy atom. The average molecular weight is 292 g/mol. The van der Waals surface area contributed by atoms with Gasteiger partial charge >= 0.3 is 5.97 Å². The molecule has 1 aromatic carbocycles. The summed E-state index contributed by atoms with van der Waals surface area (Å²) in [5, 5.41) is 19.1. The highest BCUT2D eigenvalue weighted by molar-refractivity contribution is 5.76. The average Bonchev–Trinajstić information content (AvgIpc) is 2.48. The second kappa shape index (κ2) is 6.66. The van der Waals surface area contributed by atoms with Crippen molar-refractivity contribution in [2.45, 2.75) is 31.5 Å². The maximum atomic E-state index is 13.2. The van der Waals surface area contributed by atoms with E-state index < -0.39 is 23.9 Å². The van der Waals surface area contributed by atoms with E-state index in [1.54, 1.807) is 4.90 Å². The van der Waals surface area contributed by atoms with Crippen LogP contribution >= 0.6 is 0 Å². The SMILES string of the molecule is COC(=O)C1C(O)CCCN1Cc1ccc(F)cc1C#N. The van der Waals surface area contributed by atoms with E-state index in [9.17, 15) is 14.3 Å². The minimum absolute atomic E-state index is 0.235. The third-order valence-corrected chi connectivity index (χ3v) is 3.71. The van der Waals surface area contributed by atoms with Crippen LogP contribution in [0.15, 0.2) is 18.2 Å². The van der Waals surface area contributed by atoms with Gasteiger partial charge in [0, 0.05) is 6.54 Å². The zero-order chi connectivity index (χ0) is 15.4. The largest absolute Gasteiger partial charge is 0.468 e. The molecule has 1 saturated heterocycles. The predicted molar refractivity (Wildman–Crippen MR) is 72.6 cm³/mol. The van der Waals surface area contributed by atoms with Crippen molar-refractivity contribution >= 4 is 5.97 Å². The van der Waals surface area contributed by atoms with E-state index in [0.29, 0.717) is 25.1 Å². The molecule has 1 aliphatic heterocycles. The molecule has 1 heterocycles. The highest BCUT2D eigenvalue weighted by Gasteiger charge is 2.36. The van der Waals surface area contributed by atoms with Crippen molar-refractivity contribution in [2.24, 2.45) is 0 Å². The smallest absolute Gasteiger partial charge is 0.325 e. The van der Waals surface area contributed by atoms with Gasteiger partial charge in [-0.3, -0.25) is 9.69 Å². The van der Waals surface area contributed by atoms with Gasteiger partial charge in [0.15, 0.2) is 0 Å². The lowest BCUT2D eigenvalue weighted by molar-refractivity contribution is -0.154. The molecule has 21 heavy (non-hydrogen) atoms. The molecule has 1 fully saturated rings. The van der Waals surface area contributed by atoms with Gasteiger partial charge < -0.3 is 9.84 Å². The second-order valence-electron chi connectivity index (χ2n) is 5.06. The Bertz CT molecular complexity index is 571. The van der Waals surface area contributed by atoms with Crippen LogP contribution in [-0.4, -0.2) is 41.8 Å². The summed E-state index contributed by atoms with van der Waals surface area (Å²) in [5.41, 5.74) is 0.862. The second-order valence-corrected chi connectivity index (χ2v) is 5.06. The molecule has 2 atom stereocenters. The summed E-state index contributed by atoms with van der Waals surface area (Å²) in [6.45, 7) is 0.902. The van der Waals surface area contributed by atoms with Gasteiger partial charge in [-0.25, -0.2) is 4.39 Å². The third-order valence-electron chi connectivity index (χ3n) is 3.71. The first-order valence-electron chi connectivity index (χ1n) is 6.75. The van der Waals surface area contributed by atoms with Crippen LogP contribution in [0.4, 0.5) is 4.39 Å². The topological polar surface area (TPSA) is 73.6 Å². The lowest BCUT2D eigenvalue weighted by Crippen LogP contribution is -2.52. The molecule has 1 aliphatic rings. The summed E-state index contributed by atoms with van der Waals surface area (Å²) in [6.07, 6.45) is 0.486. The number of rotatable bonds is 3. The summed E-state index contributed by atoms with van der Waals surface area (Å²) in [6, 6.07) is 5.18. The van der Waals surface area contributed by atoms with Gasteiger partial charge in [-0.05, 0) is 37.1 Å². The van der Waals surface area contributed by atoms with Crippen LogP contribution in [0.2, 0.25) is 0 Å². The number of carbonyl (C=O) groups excluding carboxylic acids is 1. The van der Waals surface area contributed by atoms with Crippen LogP contribution in [0.1, 0.15) is 24.0 Å². The predicted octanol–water partition coefficient (Wildman–Crippen LogP) is 1.20. The van der Waals surface area contributed by atoms with Crippen LogP contribution in [0, 0.1) is 17.1 Å². The van der Waals surface area contributed by atoms with Crippen molar-refractivity contribution < 1.29 is 19.0 Å². The van der Waals surface area contributed by atoms with E-state index in [1.807, 2.05) is 6.07 Å². The van der Waals surface area contributed by atoms with Crippen molar-refractivity contribution in [3.05, 3.63) is 35.1 Å². The van der Waals surface area contributed by atoms with Crippen LogP contribution in [-0.2, 0) is 16.1 Å². The van der Waals surface area contributed by atoms with E-state index in [2.05, 4.69) is 0 Å². The Morgan fingerprint density at radius 2 is 2.38 bits per heavy atom. The number of carbonyl (C=O) groups is 1. The first-order valence-corrected chi connectivity index (χ1v) is 6.75. The van der Waals surface area contributed by atoms with Gasteiger partial charge in [0.1, 0.15) is 11.9 Å². The van der Waals surface area contributed by atoms with Crippen molar-refractivity contribution in [3.8, 4) is 6.07 Å². The minimum atomic E-state index is -0.794. The number of ether oxygens (including phenoxy) is 1. The van der Waals surface area contributed by atoms with Gasteiger partial charge in [-0.15, -0.1) is 0 Å². The summed E-state index contributed by atoms with van der Waals surface area (Å²) in [7, 11) is 1.28. The number of aliphatic hydroxyl groups excluding tert-OH is 1. The van der Waals surface area contributed by atoms with Crippen molar-refractivity contribution in [3.63, 3.8) is 0 Å². The number of piperidine rings is 1. The molecule has 0 bridgehead atoms. The molecule has 6 heteroatoms. The highest BCUT2D eigenvalue weighted by Crippen LogP contribution is 2.22. The molecular formula is C15H17FN2O3. The number of benzene rings is 1. The zero-order valence-corrected chi connectivity index (χ0v) is 11.8. The summed E-state index contributed by atoms with van der Waals surface area (Å²) in [4.78, 5) is 13.6. The number of hydrogen-bond donors (Lipinski definition) is 1. The quantitative estimate of drug-likeness (QED) is 0.847. The molecule has 0 radical (unpaired) electrons. The van der Waals surface area contributed by atoms with Gasteiger partial charge in [-0.1, -0.05) is 6.07 Å². The van der Waals surface area contributed by atoms with Crippen LogP contribution < -0.4 is 0 Å². The third kappa shape index (κ3) is 3.38. The van der Waals surface area contributed by atoms with Crippen molar-refractivity contribution in [1.29, 1.82) is 5.26 Å². The lowest BCUT2D eigenvalue weighted by atomic mass is 9.97. The van der Waals surface area contributed by atoms with Crippen LogP contribution in [0.5, 0.6) is 0 Å². The molecule has 0 spiro atoms. The number of nitrogens with zero attached hydrogens (tertiary/aromatic N) is 2. The number of esters is 1. The molecular weight excluding hydrogens is 275 g/mol. The standard InChI is InChI=1S/C15H17FN2O3/c1-21-15(20)14-13(19)3-2-6-18(14)9-10-4-5-12(16)7-11(10)8-17/h4-5,7,13-14,19H,2-3,6,9H2,1H3. The summed E-state index contributed by atoms with van der Waals surface area (Å²) < 4.78 is 17.9. The fraction of sp³-hybridized carbons (Fsp3) is 0.467. The molecule has 0 aliphatic carbocycles. The summed E-state index contributed by atoms with van der Waals surface area (Å²) in [5.74, 6) is -0.971. The van der Waals surface area contributed by atoms with E-state index in [0.717, 1.165) is 6.42 Å². The monoisotopic (exact) mass is 292 g/mol. The number of likely N-dealkylation sites (tertiary alicyclic amines) is 1. The van der Waals surface area contributed by atoms with Crippen molar-refractivity contribution in [1.82, 2.24) is 4.90 Å². The number of hydrogen-bond acceptors (Lipinski definition) is 5. The molecule has 1 N–H and O–H groups in total. The first-order chi connectivity index (χ1) is 10.1. The van der Waals surface area contributed by atoms with E-state index in [4.69, 9.17) is 10.00 Å². The number of nitriles is 1. The molecule has 2 unspecified atom stereocenters. The molecule has 5 nitrogen and oxygen atoms in total. The van der Waals surface area contributed by atoms with E-state index >= 15 is 0 Å². The first kappa shape index (κ1) is 15.4. The molecule has 0 saturated carbocycles. The minimum Gasteiger partial charge on any atom is -0.468 e. The van der Waals surface area contributed by atoms with Crippen molar-refractivity contribution in [2.75, 3.05) is 13.7 Å². The fourth-order valence-corrected chi connectivity index (χ4v) is 2.66. The van der Waals surface area contributed by atoms with Crippen LogP contribution in [0.3, 0.4) is 0 Å². The van der Waals surface area contributed by atoms with Gasteiger partial charge in [0.25, 0.3) is 0 Å². The van der Waals surface area contributed by atoms with E-state index in [1.165, 1.54) is 25.3 Å².